The van der Waals surface area contributed by atoms with Crippen LogP contribution in [0.25, 0.3) is 0 Å². The Morgan fingerprint density at radius 3 is 2.17 bits per heavy atom. The first-order chi connectivity index (χ1) is 14.2. The third-order valence-corrected chi connectivity index (χ3v) is 7.26. The van der Waals surface area contributed by atoms with Crippen LogP contribution < -0.4 is 10.2 Å². The van der Waals surface area contributed by atoms with Crippen LogP contribution in [0.1, 0.15) is 69.1 Å². The highest BCUT2D eigenvalue weighted by Crippen LogP contribution is 2.39. The molecular formula is C23H31N3O2S. The Kier molecular flexibility index (Phi) is 6.70. The molecule has 4 rings (SSSR count). The second-order valence-electron chi connectivity index (χ2n) is 8.33. The fourth-order valence-electron chi connectivity index (χ4n) is 4.76. The Labute approximate surface area is 177 Å². The summed E-state index contributed by atoms with van der Waals surface area (Å²) in [6.45, 7) is 0. The summed E-state index contributed by atoms with van der Waals surface area (Å²) >= 11 is 1.50. The summed E-state index contributed by atoms with van der Waals surface area (Å²) in [5, 5.41) is 14.3. The van der Waals surface area contributed by atoms with Crippen molar-refractivity contribution in [3.8, 4) is 5.88 Å². The van der Waals surface area contributed by atoms with Crippen LogP contribution in [0.5, 0.6) is 5.88 Å². The van der Waals surface area contributed by atoms with Crippen LogP contribution in [0.2, 0.25) is 0 Å². The van der Waals surface area contributed by atoms with Gasteiger partial charge in [-0.2, -0.15) is 4.98 Å². The minimum Gasteiger partial charge on any atom is -0.492 e. The molecule has 1 heterocycles. The van der Waals surface area contributed by atoms with Gasteiger partial charge in [-0.15, -0.1) is 0 Å². The minimum atomic E-state index is -0.122. The molecule has 0 radical (unpaired) electrons. The molecule has 1 amide bonds. The Morgan fingerprint density at radius 1 is 1.00 bits per heavy atom. The number of aromatic nitrogens is 1. The number of anilines is 2. The van der Waals surface area contributed by atoms with Gasteiger partial charge < -0.3 is 15.3 Å². The first-order valence-corrected chi connectivity index (χ1v) is 11.8. The van der Waals surface area contributed by atoms with Gasteiger partial charge in [0.05, 0.1) is 11.3 Å². The zero-order chi connectivity index (χ0) is 20.1. The van der Waals surface area contributed by atoms with E-state index in [1.165, 1.54) is 75.5 Å². The normalized spacial score (nSPS) is 18.5. The number of para-hydroxylation sites is 1. The van der Waals surface area contributed by atoms with Crippen molar-refractivity contribution in [1.29, 1.82) is 0 Å². The molecule has 2 N–H and O–H groups in total. The van der Waals surface area contributed by atoms with Crippen molar-refractivity contribution in [3.63, 3.8) is 0 Å². The van der Waals surface area contributed by atoms with Crippen LogP contribution in [-0.4, -0.2) is 28.1 Å². The standard InChI is InChI=1S/C23H31N3O2S/c27-21(24-17-10-4-1-5-11-17)16-20-22(28)25-23(29-20)26(18-12-6-2-7-13-18)19-14-8-3-9-15-19/h1,4-5,10-11,18-19,28H,2-3,6-9,12-16H2,(H,24,27). The molecular weight excluding hydrogens is 382 g/mol. The van der Waals surface area contributed by atoms with Crippen LogP contribution in [0.4, 0.5) is 10.8 Å². The number of nitrogens with zero attached hydrogens (tertiary/aromatic N) is 2. The predicted octanol–water partition coefficient (Wildman–Crippen LogP) is 5.50. The zero-order valence-electron chi connectivity index (χ0n) is 17.0. The molecule has 0 saturated heterocycles. The van der Waals surface area contributed by atoms with E-state index in [9.17, 15) is 9.90 Å². The SMILES string of the molecule is O=C(Cc1sc(N(C2CCCCC2)C2CCCCC2)nc1O)Nc1ccccc1. The number of hydrogen-bond acceptors (Lipinski definition) is 5. The van der Waals surface area contributed by atoms with Gasteiger partial charge in [-0.25, -0.2) is 0 Å². The number of carbonyl (C=O) groups is 1. The molecule has 0 spiro atoms. The summed E-state index contributed by atoms with van der Waals surface area (Å²) in [7, 11) is 0. The number of thiazole rings is 1. The molecule has 2 fully saturated rings. The molecule has 5 nitrogen and oxygen atoms in total. The summed E-state index contributed by atoms with van der Waals surface area (Å²) in [6.07, 6.45) is 12.7. The molecule has 29 heavy (non-hydrogen) atoms. The lowest BCUT2D eigenvalue weighted by Gasteiger charge is -2.41. The van der Waals surface area contributed by atoms with Gasteiger partial charge >= 0.3 is 0 Å². The molecule has 0 atom stereocenters. The van der Waals surface area contributed by atoms with Gasteiger partial charge in [0, 0.05) is 17.8 Å². The number of rotatable bonds is 6. The molecule has 1 aromatic carbocycles. The molecule has 1 aromatic heterocycles. The van der Waals surface area contributed by atoms with Crippen molar-refractivity contribution in [3.05, 3.63) is 35.2 Å². The summed E-state index contributed by atoms with van der Waals surface area (Å²) in [5.74, 6) is -0.103. The molecule has 2 saturated carbocycles. The van der Waals surface area contributed by atoms with Crippen LogP contribution in [-0.2, 0) is 11.2 Å². The second-order valence-corrected chi connectivity index (χ2v) is 9.39. The number of amides is 1. The van der Waals surface area contributed by atoms with Crippen molar-refractivity contribution in [2.45, 2.75) is 82.7 Å². The molecule has 0 unspecified atom stereocenters. The van der Waals surface area contributed by atoms with Crippen LogP contribution in [0.15, 0.2) is 30.3 Å². The number of carbonyl (C=O) groups excluding carboxylic acids is 1. The maximum absolute atomic E-state index is 12.5. The van der Waals surface area contributed by atoms with Crippen molar-refractivity contribution < 1.29 is 9.90 Å². The minimum absolute atomic E-state index is 0.0184. The van der Waals surface area contributed by atoms with E-state index in [1.807, 2.05) is 30.3 Å². The number of benzene rings is 1. The van der Waals surface area contributed by atoms with Crippen molar-refractivity contribution in [2.24, 2.45) is 0 Å². The number of aromatic hydroxyl groups is 1. The third-order valence-electron chi connectivity index (χ3n) is 6.20. The molecule has 2 aromatic rings. The van der Waals surface area contributed by atoms with E-state index in [0.717, 1.165) is 10.8 Å². The first-order valence-electron chi connectivity index (χ1n) is 11.0. The van der Waals surface area contributed by atoms with Crippen molar-refractivity contribution in [1.82, 2.24) is 4.98 Å². The maximum Gasteiger partial charge on any atom is 0.229 e. The molecule has 6 heteroatoms. The van der Waals surface area contributed by atoms with E-state index in [2.05, 4.69) is 15.2 Å². The summed E-state index contributed by atoms with van der Waals surface area (Å²) in [4.78, 5) is 20.2. The van der Waals surface area contributed by atoms with E-state index < -0.39 is 0 Å². The average molecular weight is 414 g/mol. The average Bonchev–Trinajstić information content (AvgIpc) is 3.10. The quantitative estimate of drug-likeness (QED) is 0.656. The smallest absolute Gasteiger partial charge is 0.229 e. The van der Waals surface area contributed by atoms with Gasteiger partial charge in [0.15, 0.2) is 5.13 Å². The van der Waals surface area contributed by atoms with E-state index in [4.69, 9.17) is 0 Å². The Balaban J connectivity index is 1.50. The zero-order valence-corrected chi connectivity index (χ0v) is 17.8. The highest BCUT2D eigenvalue weighted by Gasteiger charge is 2.32. The summed E-state index contributed by atoms with van der Waals surface area (Å²) < 4.78 is 0. The maximum atomic E-state index is 12.5. The summed E-state index contributed by atoms with van der Waals surface area (Å²) in [5.41, 5.74) is 0.771. The van der Waals surface area contributed by atoms with Gasteiger partial charge in [0.25, 0.3) is 0 Å². The summed E-state index contributed by atoms with van der Waals surface area (Å²) in [6, 6.07) is 10.5. The Hall–Kier alpha value is -2.08. The van der Waals surface area contributed by atoms with Crippen molar-refractivity contribution >= 4 is 28.1 Å². The Bertz CT molecular complexity index is 778. The second kappa shape index (κ2) is 9.61. The van der Waals surface area contributed by atoms with Crippen LogP contribution in [0, 0.1) is 0 Å². The molecule has 2 aliphatic rings. The van der Waals surface area contributed by atoms with Gasteiger partial charge in [0.2, 0.25) is 11.8 Å². The van der Waals surface area contributed by atoms with E-state index in [1.54, 1.807) is 0 Å². The highest BCUT2D eigenvalue weighted by molar-refractivity contribution is 7.16. The molecule has 2 aliphatic carbocycles. The predicted molar refractivity (Wildman–Crippen MR) is 119 cm³/mol. The molecule has 0 aliphatic heterocycles. The van der Waals surface area contributed by atoms with E-state index >= 15 is 0 Å². The molecule has 156 valence electrons. The molecule has 0 bridgehead atoms. The number of nitrogens with one attached hydrogen (secondary N) is 1. The van der Waals surface area contributed by atoms with Crippen molar-refractivity contribution in [2.75, 3.05) is 10.2 Å². The number of hydrogen-bond donors (Lipinski definition) is 2. The Morgan fingerprint density at radius 2 is 1.59 bits per heavy atom. The largest absolute Gasteiger partial charge is 0.492 e. The highest BCUT2D eigenvalue weighted by atomic mass is 32.1. The van der Waals surface area contributed by atoms with Crippen LogP contribution >= 0.6 is 11.3 Å². The fourth-order valence-corrected chi connectivity index (χ4v) is 5.85. The first kappa shape index (κ1) is 20.2. The lowest BCUT2D eigenvalue weighted by Crippen LogP contribution is -2.45. The fraction of sp³-hybridized carbons (Fsp3) is 0.565. The lowest BCUT2D eigenvalue weighted by molar-refractivity contribution is -0.115. The van der Waals surface area contributed by atoms with Gasteiger partial charge in [-0.05, 0) is 37.8 Å². The third kappa shape index (κ3) is 5.10. The van der Waals surface area contributed by atoms with E-state index in [-0.39, 0.29) is 18.2 Å². The topological polar surface area (TPSA) is 65.5 Å². The van der Waals surface area contributed by atoms with Crippen LogP contribution in [0.3, 0.4) is 0 Å². The van der Waals surface area contributed by atoms with E-state index in [0.29, 0.717) is 17.0 Å². The van der Waals surface area contributed by atoms with Gasteiger partial charge in [-0.1, -0.05) is 68.1 Å². The van der Waals surface area contributed by atoms with Gasteiger partial charge in [0.1, 0.15) is 0 Å². The monoisotopic (exact) mass is 413 g/mol. The lowest BCUT2D eigenvalue weighted by atomic mass is 9.89. The van der Waals surface area contributed by atoms with Gasteiger partial charge in [-0.3, -0.25) is 4.79 Å².